The standard InChI is InChI=1S/C12H10ClNO4/c1-7-11(12(15)16)3-10(18-7)6-17-9-2-8(13)4-14-5-9/h2-5H,6H2,1H3,(H,15,16). The van der Waals surface area contributed by atoms with Gasteiger partial charge in [0.2, 0.25) is 0 Å². The highest BCUT2D eigenvalue weighted by Gasteiger charge is 2.13. The van der Waals surface area contributed by atoms with E-state index in [1.54, 1.807) is 13.0 Å². The van der Waals surface area contributed by atoms with Crippen molar-refractivity contribution < 1.29 is 19.1 Å². The van der Waals surface area contributed by atoms with Crippen molar-refractivity contribution in [3.8, 4) is 5.75 Å². The van der Waals surface area contributed by atoms with Gasteiger partial charge < -0.3 is 14.3 Å². The normalized spacial score (nSPS) is 10.3. The summed E-state index contributed by atoms with van der Waals surface area (Å²) < 4.78 is 10.7. The fourth-order valence-corrected chi connectivity index (χ4v) is 1.62. The van der Waals surface area contributed by atoms with E-state index in [0.717, 1.165) is 0 Å². The van der Waals surface area contributed by atoms with E-state index in [9.17, 15) is 4.79 Å². The van der Waals surface area contributed by atoms with Gasteiger partial charge in [0.05, 0.1) is 11.2 Å². The molecule has 18 heavy (non-hydrogen) atoms. The second-order valence-corrected chi connectivity index (χ2v) is 4.05. The monoisotopic (exact) mass is 267 g/mol. The first-order chi connectivity index (χ1) is 8.56. The fourth-order valence-electron chi connectivity index (χ4n) is 1.45. The zero-order chi connectivity index (χ0) is 13.1. The lowest BCUT2D eigenvalue weighted by atomic mass is 10.2. The molecule has 94 valence electrons. The molecule has 6 heteroatoms. The quantitative estimate of drug-likeness (QED) is 0.922. The number of furan rings is 1. The minimum Gasteiger partial charge on any atom is -0.484 e. The van der Waals surface area contributed by atoms with Crippen molar-refractivity contribution in [3.63, 3.8) is 0 Å². The van der Waals surface area contributed by atoms with Gasteiger partial charge >= 0.3 is 5.97 Å². The molecule has 2 aromatic heterocycles. The summed E-state index contributed by atoms with van der Waals surface area (Å²) in [5, 5.41) is 9.34. The molecule has 0 fully saturated rings. The third-order valence-electron chi connectivity index (χ3n) is 2.26. The molecular weight excluding hydrogens is 258 g/mol. The number of halogens is 1. The molecule has 0 unspecified atom stereocenters. The molecule has 0 amide bonds. The lowest BCUT2D eigenvalue weighted by Gasteiger charge is -2.03. The van der Waals surface area contributed by atoms with Gasteiger partial charge in [-0.3, -0.25) is 4.98 Å². The second-order valence-electron chi connectivity index (χ2n) is 3.62. The number of hydrogen-bond donors (Lipinski definition) is 1. The van der Waals surface area contributed by atoms with Crippen molar-refractivity contribution in [3.05, 3.63) is 46.6 Å². The molecule has 2 aromatic rings. The Morgan fingerprint density at radius 3 is 2.89 bits per heavy atom. The van der Waals surface area contributed by atoms with Gasteiger partial charge in [-0.25, -0.2) is 4.79 Å². The summed E-state index contributed by atoms with van der Waals surface area (Å²) in [5.74, 6) is 0.260. The topological polar surface area (TPSA) is 72.6 Å². The molecule has 0 saturated heterocycles. The maximum atomic E-state index is 10.8. The van der Waals surface area contributed by atoms with E-state index < -0.39 is 5.97 Å². The number of hydrogen-bond acceptors (Lipinski definition) is 4. The van der Waals surface area contributed by atoms with Crippen LogP contribution in [-0.2, 0) is 6.61 Å². The molecule has 0 atom stereocenters. The fraction of sp³-hybridized carbons (Fsp3) is 0.167. The van der Waals surface area contributed by atoms with E-state index in [0.29, 0.717) is 22.3 Å². The molecule has 5 nitrogen and oxygen atoms in total. The Hall–Kier alpha value is -2.01. The Kier molecular flexibility index (Phi) is 3.53. The van der Waals surface area contributed by atoms with E-state index in [-0.39, 0.29) is 12.2 Å². The van der Waals surface area contributed by atoms with Gasteiger partial charge in [-0.1, -0.05) is 11.6 Å². The predicted octanol–water partition coefficient (Wildman–Crippen LogP) is 2.91. The van der Waals surface area contributed by atoms with Gasteiger partial charge in [-0.15, -0.1) is 0 Å². The summed E-state index contributed by atoms with van der Waals surface area (Å²) in [7, 11) is 0. The number of ether oxygens (including phenoxy) is 1. The van der Waals surface area contributed by atoms with Crippen molar-refractivity contribution in [2.24, 2.45) is 0 Å². The van der Waals surface area contributed by atoms with E-state index in [1.807, 2.05) is 0 Å². The van der Waals surface area contributed by atoms with Gasteiger partial charge in [0.15, 0.2) is 0 Å². The van der Waals surface area contributed by atoms with Crippen molar-refractivity contribution in [1.29, 1.82) is 0 Å². The van der Waals surface area contributed by atoms with Crippen molar-refractivity contribution in [2.75, 3.05) is 0 Å². The van der Waals surface area contributed by atoms with Crippen LogP contribution < -0.4 is 4.74 Å². The number of carboxylic acids is 1. The number of aromatic carboxylic acids is 1. The minimum atomic E-state index is -1.02. The summed E-state index contributed by atoms with van der Waals surface area (Å²) in [4.78, 5) is 14.7. The van der Waals surface area contributed by atoms with Crippen LogP contribution in [0.15, 0.2) is 28.9 Å². The number of carbonyl (C=O) groups is 1. The predicted molar refractivity (Wildman–Crippen MR) is 64.0 cm³/mol. The first-order valence-electron chi connectivity index (χ1n) is 5.12. The minimum absolute atomic E-state index is 0.121. The number of carboxylic acid groups (broad SMARTS) is 1. The van der Waals surface area contributed by atoms with E-state index in [2.05, 4.69) is 4.98 Å². The zero-order valence-corrected chi connectivity index (χ0v) is 10.3. The number of pyridine rings is 1. The molecule has 2 heterocycles. The molecular formula is C12H10ClNO4. The Morgan fingerprint density at radius 2 is 2.28 bits per heavy atom. The highest BCUT2D eigenvalue weighted by atomic mass is 35.5. The number of aromatic nitrogens is 1. The van der Waals surface area contributed by atoms with Crippen LogP contribution >= 0.6 is 11.6 Å². The van der Waals surface area contributed by atoms with E-state index in [4.69, 9.17) is 25.9 Å². The Balaban J connectivity index is 2.06. The first-order valence-corrected chi connectivity index (χ1v) is 5.50. The molecule has 0 aliphatic carbocycles. The Bertz CT molecular complexity index is 579. The summed E-state index contributed by atoms with van der Waals surface area (Å²) >= 11 is 5.75. The van der Waals surface area contributed by atoms with Gasteiger partial charge in [-0.05, 0) is 13.0 Å². The van der Waals surface area contributed by atoms with Gasteiger partial charge in [0.25, 0.3) is 0 Å². The smallest absolute Gasteiger partial charge is 0.339 e. The average molecular weight is 268 g/mol. The van der Waals surface area contributed by atoms with Crippen LogP contribution in [0.3, 0.4) is 0 Å². The van der Waals surface area contributed by atoms with Crippen LogP contribution in [-0.4, -0.2) is 16.1 Å². The largest absolute Gasteiger partial charge is 0.484 e. The Labute approximate surface area is 108 Å². The molecule has 2 rings (SSSR count). The third kappa shape index (κ3) is 2.81. The molecule has 0 saturated carbocycles. The molecule has 0 radical (unpaired) electrons. The average Bonchev–Trinajstić information content (AvgIpc) is 2.68. The number of nitrogens with zero attached hydrogens (tertiary/aromatic N) is 1. The second kappa shape index (κ2) is 5.10. The van der Waals surface area contributed by atoms with Crippen molar-refractivity contribution in [2.45, 2.75) is 13.5 Å². The van der Waals surface area contributed by atoms with E-state index in [1.165, 1.54) is 18.5 Å². The lowest BCUT2D eigenvalue weighted by Crippen LogP contribution is -1.96. The van der Waals surface area contributed by atoms with Crippen LogP contribution in [0.1, 0.15) is 21.9 Å². The van der Waals surface area contributed by atoms with Gasteiger partial charge in [-0.2, -0.15) is 0 Å². The molecule has 0 spiro atoms. The Morgan fingerprint density at radius 1 is 1.50 bits per heavy atom. The summed E-state index contributed by atoms with van der Waals surface area (Å²) in [6.07, 6.45) is 3.01. The lowest BCUT2D eigenvalue weighted by molar-refractivity contribution is 0.0695. The molecule has 0 aliphatic rings. The van der Waals surface area contributed by atoms with Crippen molar-refractivity contribution >= 4 is 17.6 Å². The maximum Gasteiger partial charge on any atom is 0.339 e. The molecule has 1 N–H and O–H groups in total. The van der Waals surface area contributed by atoms with Crippen LogP contribution in [0.4, 0.5) is 0 Å². The number of rotatable bonds is 4. The van der Waals surface area contributed by atoms with Gasteiger partial charge in [0, 0.05) is 12.3 Å². The molecule has 0 aliphatic heterocycles. The highest BCUT2D eigenvalue weighted by Crippen LogP contribution is 2.19. The SMILES string of the molecule is Cc1oc(COc2cncc(Cl)c2)cc1C(=O)O. The third-order valence-corrected chi connectivity index (χ3v) is 2.47. The van der Waals surface area contributed by atoms with Crippen LogP contribution in [0.2, 0.25) is 5.02 Å². The highest BCUT2D eigenvalue weighted by molar-refractivity contribution is 6.30. The van der Waals surface area contributed by atoms with Crippen LogP contribution in [0.5, 0.6) is 5.75 Å². The van der Waals surface area contributed by atoms with Crippen LogP contribution in [0, 0.1) is 6.92 Å². The van der Waals surface area contributed by atoms with E-state index >= 15 is 0 Å². The van der Waals surface area contributed by atoms with Crippen molar-refractivity contribution in [1.82, 2.24) is 4.98 Å². The summed E-state index contributed by atoms with van der Waals surface area (Å²) in [5.41, 5.74) is 0.137. The molecule has 0 bridgehead atoms. The molecule has 0 aromatic carbocycles. The zero-order valence-electron chi connectivity index (χ0n) is 9.51. The van der Waals surface area contributed by atoms with Gasteiger partial charge in [0.1, 0.15) is 29.4 Å². The summed E-state index contributed by atoms with van der Waals surface area (Å²) in [6.45, 7) is 1.71. The maximum absolute atomic E-state index is 10.8. The summed E-state index contributed by atoms with van der Waals surface area (Å²) in [6, 6.07) is 3.05. The first kappa shape index (κ1) is 12.4. The number of aryl methyl sites for hydroxylation is 1. The van der Waals surface area contributed by atoms with Crippen LogP contribution in [0.25, 0.3) is 0 Å².